The number of hydrogen-bond donors (Lipinski definition) is 0. The summed E-state index contributed by atoms with van der Waals surface area (Å²) in [5.74, 6) is 0.682. The van der Waals surface area contributed by atoms with E-state index in [-0.39, 0.29) is 17.6 Å². The third-order valence-corrected chi connectivity index (χ3v) is 4.09. The fourth-order valence-electron chi connectivity index (χ4n) is 2.57. The zero-order chi connectivity index (χ0) is 17.1. The molecule has 124 valence electrons. The number of hydrogen-bond acceptors (Lipinski definition) is 4. The maximum absolute atomic E-state index is 12.8. The molecule has 0 bridgehead atoms. The highest BCUT2D eigenvalue weighted by Crippen LogP contribution is 2.30. The number of nitrogens with zero attached hydrogens (tertiary/aromatic N) is 2. The lowest BCUT2D eigenvalue weighted by molar-refractivity contribution is -0.384. The fraction of sp³-hybridized carbons (Fsp3) is 0.278. The second kappa shape index (κ2) is 6.70. The first kappa shape index (κ1) is 16.0. The summed E-state index contributed by atoms with van der Waals surface area (Å²) in [4.78, 5) is 24.9. The van der Waals surface area contributed by atoms with Crippen LogP contribution in [0.2, 0.25) is 0 Å². The highest BCUT2D eigenvalue weighted by molar-refractivity contribution is 5.94. The Hall–Kier alpha value is -2.89. The molecule has 1 saturated carbocycles. The molecule has 3 rings (SSSR count). The average molecular weight is 326 g/mol. The van der Waals surface area contributed by atoms with Crippen molar-refractivity contribution >= 4 is 11.6 Å². The molecular formula is C18H18N2O4. The van der Waals surface area contributed by atoms with E-state index in [1.54, 1.807) is 7.11 Å². The molecule has 6 heteroatoms. The molecule has 2 aromatic carbocycles. The van der Waals surface area contributed by atoms with E-state index in [9.17, 15) is 14.9 Å². The van der Waals surface area contributed by atoms with Crippen LogP contribution in [0.1, 0.15) is 28.8 Å². The van der Waals surface area contributed by atoms with Gasteiger partial charge in [-0.3, -0.25) is 14.9 Å². The van der Waals surface area contributed by atoms with Gasteiger partial charge in [-0.15, -0.1) is 0 Å². The van der Waals surface area contributed by atoms with Gasteiger partial charge in [-0.1, -0.05) is 12.1 Å². The molecule has 24 heavy (non-hydrogen) atoms. The molecule has 6 nitrogen and oxygen atoms in total. The smallest absolute Gasteiger partial charge is 0.269 e. The minimum Gasteiger partial charge on any atom is -0.497 e. The Morgan fingerprint density at radius 3 is 2.29 bits per heavy atom. The number of ether oxygens (including phenoxy) is 1. The first-order valence-corrected chi connectivity index (χ1v) is 7.77. The molecule has 0 heterocycles. The van der Waals surface area contributed by atoms with E-state index in [0.717, 1.165) is 24.2 Å². The first-order valence-electron chi connectivity index (χ1n) is 7.77. The zero-order valence-electron chi connectivity index (χ0n) is 13.3. The van der Waals surface area contributed by atoms with Crippen molar-refractivity contribution < 1.29 is 14.5 Å². The number of carbonyl (C=O) groups excluding carboxylic acids is 1. The number of non-ortho nitro benzene ring substituents is 1. The third-order valence-electron chi connectivity index (χ3n) is 4.09. The maximum Gasteiger partial charge on any atom is 0.269 e. The molecule has 0 N–H and O–H groups in total. The highest BCUT2D eigenvalue weighted by atomic mass is 16.6. The van der Waals surface area contributed by atoms with Crippen molar-refractivity contribution in [2.24, 2.45) is 0 Å². The first-order chi connectivity index (χ1) is 11.6. The monoisotopic (exact) mass is 326 g/mol. The molecule has 1 fully saturated rings. The topological polar surface area (TPSA) is 72.7 Å². The summed E-state index contributed by atoms with van der Waals surface area (Å²) in [6, 6.07) is 13.6. The van der Waals surface area contributed by atoms with Crippen molar-refractivity contribution in [3.05, 3.63) is 69.8 Å². The van der Waals surface area contributed by atoms with Gasteiger partial charge >= 0.3 is 0 Å². The SMILES string of the molecule is COc1ccc(CN(C(=O)c2ccc([N+](=O)[O-])cc2)C2CC2)cc1. The molecule has 0 radical (unpaired) electrons. The molecule has 0 aromatic heterocycles. The van der Waals surface area contributed by atoms with Crippen molar-refractivity contribution in [2.45, 2.75) is 25.4 Å². The Morgan fingerprint density at radius 1 is 1.17 bits per heavy atom. The lowest BCUT2D eigenvalue weighted by atomic mass is 10.1. The van der Waals surface area contributed by atoms with Crippen molar-refractivity contribution in [2.75, 3.05) is 7.11 Å². The van der Waals surface area contributed by atoms with Crippen LogP contribution in [-0.4, -0.2) is 28.9 Å². The summed E-state index contributed by atoms with van der Waals surface area (Å²) in [6.07, 6.45) is 1.99. The Kier molecular flexibility index (Phi) is 4.46. The van der Waals surface area contributed by atoms with Crippen LogP contribution in [0.5, 0.6) is 5.75 Å². The van der Waals surface area contributed by atoms with Crippen LogP contribution in [0.4, 0.5) is 5.69 Å². The number of amides is 1. The van der Waals surface area contributed by atoms with E-state index in [2.05, 4.69) is 0 Å². The van der Waals surface area contributed by atoms with E-state index < -0.39 is 4.92 Å². The quantitative estimate of drug-likeness (QED) is 0.602. The van der Waals surface area contributed by atoms with E-state index in [1.165, 1.54) is 24.3 Å². The molecule has 1 amide bonds. The zero-order valence-corrected chi connectivity index (χ0v) is 13.3. The van der Waals surface area contributed by atoms with Crippen LogP contribution in [0.25, 0.3) is 0 Å². The summed E-state index contributed by atoms with van der Waals surface area (Å²) >= 11 is 0. The predicted molar refractivity (Wildman–Crippen MR) is 89.0 cm³/mol. The van der Waals surface area contributed by atoms with Gasteiger partial charge in [0.1, 0.15) is 5.75 Å². The Bertz CT molecular complexity index is 737. The number of carbonyl (C=O) groups is 1. The minimum absolute atomic E-state index is 0.0142. The Balaban J connectivity index is 1.77. The number of nitro groups is 1. The summed E-state index contributed by atoms with van der Waals surface area (Å²) in [5, 5.41) is 10.7. The van der Waals surface area contributed by atoms with Gasteiger partial charge in [-0.25, -0.2) is 0 Å². The van der Waals surface area contributed by atoms with Crippen LogP contribution in [0, 0.1) is 10.1 Å². The second-order valence-electron chi connectivity index (χ2n) is 5.82. The van der Waals surface area contributed by atoms with Crippen molar-refractivity contribution in [3.8, 4) is 5.75 Å². The van der Waals surface area contributed by atoms with Gasteiger partial charge in [-0.2, -0.15) is 0 Å². The number of rotatable bonds is 6. The second-order valence-corrected chi connectivity index (χ2v) is 5.82. The lowest BCUT2D eigenvalue weighted by Gasteiger charge is -2.22. The van der Waals surface area contributed by atoms with Gasteiger partial charge in [0.05, 0.1) is 12.0 Å². The minimum atomic E-state index is -0.468. The van der Waals surface area contributed by atoms with Crippen LogP contribution < -0.4 is 4.74 Å². The summed E-state index contributed by atoms with van der Waals surface area (Å²) in [5.41, 5.74) is 1.48. The Morgan fingerprint density at radius 2 is 1.79 bits per heavy atom. The third kappa shape index (κ3) is 3.53. The van der Waals surface area contributed by atoms with Gasteiger partial charge in [0.25, 0.3) is 11.6 Å². The molecule has 0 saturated heterocycles. The highest BCUT2D eigenvalue weighted by Gasteiger charge is 2.33. The number of methoxy groups -OCH3 is 1. The summed E-state index contributed by atoms with van der Waals surface area (Å²) in [7, 11) is 1.61. The summed E-state index contributed by atoms with van der Waals surface area (Å²) in [6.45, 7) is 0.518. The van der Waals surface area contributed by atoms with Crippen molar-refractivity contribution in [3.63, 3.8) is 0 Å². The molecular weight excluding hydrogens is 308 g/mol. The number of benzene rings is 2. The standard InChI is InChI=1S/C18H18N2O4/c1-24-17-10-2-13(3-11-17)12-19(15-8-9-15)18(21)14-4-6-16(7-5-14)20(22)23/h2-7,10-11,15H,8-9,12H2,1H3. The predicted octanol–water partition coefficient (Wildman–Crippen LogP) is 3.41. The molecule has 0 aliphatic heterocycles. The van der Waals surface area contributed by atoms with E-state index >= 15 is 0 Å². The van der Waals surface area contributed by atoms with Crippen molar-refractivity contribution in [1.29, 1.82) is 0 Å². The van der Waals surface area contributed by atoms with Gasteiger partial charge in [0, 0.05) is 30.3 Å². The number of nitro benzene ring substituents is 1. The Labute approximate surface area is 139 Å². The van der Waals surface area contributed by atoms with Gasteiger partial charge in [0.15, 0.2) is 0 Å². The molecule has 1 aliphatic rings. The fourth-order valence-corrected chi connectivity index (χ4v) is 2.57. The van der Waals surface area contributed by atoms with Crippen molar-refractivity contribution in [1.82, 2.24) is 4.90 Å². The van der Waals surface area contributed by atoms with E-state index in [1.807, 2.05) is 29.2 Å². The average Bonchev–Trinajstić information content (AvgIpc) is 3.44. The normalized spacial score (nSPS) is 13.4. The van der Waals surface area contributed by atoms with Crippen LogP contribution in [-0.2, 0) is 6.54 Å². The lowest BCUT2D eigenvalue weighted by Crippen LogP contribution is -2.32. The van der Waals surface area contributed by atoms with Crippen LogP contribution in [0.15, 0.2) is 48.5 Å². The molecule has 0 atom stereocenters. The van der Waals surface area contributed by atoms with Gasteiger partial charge in [0.2, 0.25) is 0 Å². The maximum atomic E-state index is 12.8. The molecule has 0 unspecified atom stereocenters. The largest absolute Gasteiger partial charge is 0.497 e. The van der Waals surface area contributed by atoms with Crippen LogP contribution in [0.3, 0.4) is 0 Å². The van der Waals surface area contributed by atoms with Gasteiger partial charge < -0.3 is 9.64 Å². The van der Waals surface area contributed by atoms with E-state index in [0.29, 0.717) is 12.1 Å². The van der Waals surface area contributed by atoms with Gasteiger partial charge in [-0.05, 0) is 42.7 Å². The summed E-state index contributed by atoms with van der Waals surface area (Å²) < 4.78 is 5.15. The molecule has 0 spiro atoms. The molecule has 2 aromatic rings. The van der Waals surface area contributed by atoms with Crippen LogP contribution >= 0.6 is 0 Å². The van der Waals surface area contributed by atoms with E-state index in [4.69, 9.17) is 4.74 Å². The molecule has 1 aliphatic carbocycles.